The smallest absolute Gasteiger partial charge is 0.0897 e. The van der Waals surface area contributed by atoms with Gasteiger partial charge in [-0.1, -0.05) is 38.1 Å². The Morgan fingerprint density at radius 3 is 2.40 bits per heavy atom. The van der Waals surface area contributed by atoms with E-state index < -0.39 is 5.60 Å². The Labute approximate surface area is 152 Å². The Kier molecular flexibility index (Phi) is 4.91. The lowest BCUT2D eigenvalue weighted by atomic mass is 9.77. The summed E-state index contributed by atoms with van der Waals surface area (Å²) >= 11 is 0. The van der Waals surface area contributed by atoms with Gasteiger partial charge in [-0.15, -0.1) is 0 Å². The quantitative estimate of drug-likeness (QED) is 0.765. The summed E-state index contributed by atoms with van der Waals surface area (Å²) in [5.41, 5.74) is 1.83. The molecule has 25 heavy (non-hydrogen) atoms. The lowest BCUT2D eigenvalue weighted by Crippen LogP contribution is -2.42. The highest BCUT2D eigenvalue weighted by atomic mass is 16.3. The van der Waals surface area contributed by atoms with Crippen molar-refractivity contribution in [3.05, 3.63) is 35.4 Å². The number of hydrogen-bond acceptors (Lipinski definition) is 3. The summed E-state index contributed by atoms with van der Waals surface area (Å²) in [6.07, 6.45) is 8.02. The third-order valence-electron chi connectivity index (χ3n) is 7.03. The average Bonchev–Trinajstić information content (AvgIpc) is 3.24. The molecule has 3 atom stereocenters. The number of hydrogen-bond donors (Lipinski definition) is 3. The topological polar surface area (TPSA) is 44.3 Å². The summed E-state index contributed by atoms with van der Waals surface area (Å²) in [7, 11) is 0. The summed E-state index contributed by atoms with van der Waals surface area (Å²) < 4.78 is 0. The van der Waals surface area contributed by atoms with Crippen molar-refractivity contribution in [3.8, 4) is 0 Å². The summed E-state index contributed by atoms with van der Waals surface area (Å²) in [5, 5.41) is 18.7. The molecule has 0 spiro atoms. The van der Waals surface area contributed by atoms with Gasteiger partial charge in [-0.3, -0.25) is 0 Å². The molecule has 1 aromatic rings. The standard InChI is InChI=1S/C22H34N2O/c1-15(2)16-3-5-18(6-4-16)22(25)11-9-19(10-12-22)23-14-17-13-20-7-8-21(17)24-20/h3-6,15,17,19-21,23-25H,7-14H2,1-2H3. The lowest BCUT2D eigenvalue weighted by molar-refractivity contribution is -0.00870. The average molecular weight is 343 g/mol. The van der Waals surface area contributed by atoms with Crippen LogP contribution in [-0.2, 0) is 5.60 Å². The Hall–Kier alpha value is -0.900. The zero-order valence-corrected chi connectivity index (χ0v) is 15.8. The minimum absolute atomic E-state index is 0.545. The third kappa shape index (κ3) is 3.65. The van der Waals surface area contributed by atoms with E-state index in [1.807, 2.05) is 0 Å². The fourth-order valence-corrected chi connectivity index (χ4v) is 5.25. The van der Waals surface area contributed by atoms with Crippen molar-refractivity contribution in [2.24, 2.45) is 5.92 Å². The van der Waals surface area contributed by atoms with Crippen LogP contribution in [0, 0.1) is 5.92 Å². The Morgan fingerprint density at radius 1 is 1.12 bits per heavy atom. The molecule has 1 saturated carbocycles. The predicted molar refractivity (Wildman–Crippen MR) is 103 cm³/mol. The number of nitrogens with one attached hydrogen (secondary N) is 2. The van der Waals surface area contributed by atoms with Gasteiger partial charge in [-0.25, -0.2) is 0 Å². The second-order valence-electron chi connectivity index (χ2n) is 9.03. The molecule has 3 nitrogen and oxygen atoms in total. The van der Waals surface area contributed by atoms with Crippen LogP contribution in [0.1, 0.15) is 75.8 Å². The molecule has 3 unspecified atom stereocenters. The normalized spacial score (nSPS) is 37.8. The molecule has 2 saturated heterocycles. The molecule has 0 amide bonds. The second-order valence-corrected chi connectivity index (χ2v) is 9.03. The fourth-order valence-electron chi connectivity index (χ4n) is 5.25. The first-order chi connectivity index (χ1) is 12.0. The van der Waals surface area contributed by atoms with Gasteiger partial charge in [-0.2, -0.15) is 0 Å². The summed E-state index contributed by atoms with van der Waals surface area (Å²) in [5.74, 6) is 1.37. The molecule has 1 aliphatic carbocycles. The molecule has 1 aromatic carbocycles. The van der Waals surface area contributed by atoms with Crippen LogP contribution in [0.3, 0.4) is 0 Å². The molecule has 2 aliphatic heterocycles. The molecule has 3 heteroatoms. The highest BCUT2D eigenvalue weighted by Gasteiger charge is 2.39. The number of fused-ring (bicyclic) bond motifs is 2. The molecular formula is C22H34N2O. The van der Waals surface area contributed by atoms with Crippen molar-refractivity contribution in [3.63, 3.8) is 0 Å². The van der Waals surface area contributed by atoms with Gasteiger partial charge in [0.15, 0.2) is 0 Å². The van der Waals surface area contributed by atoms with Crippen LogP contribution in [0.4, 0.5) is 0 Å². The van der Waals surface area contributed by atoms with Gasteiger partial charge in [-0.05, 0) is 74.5 Å². The van der Waals surface area contributed by atoms with E-state index >= 15 is 0 Å². The van der Waals surface area contributed by atoms with Crippen LogP contribution in [-0.4, -0.2) is 29.8 Å². The molecule has 138 valence electrons. The van der Waals surface area contributed by atoms with Crippen molar-refractivity contribution >= 4 is 0 Å². The van der Waals surface area contributed by atoms with E-state index in [9.17, 15) is 5.11 Å². The third-order valence-corrected chi connectivity index (χ3v) is 7.03. The summed E-state index contributed by atoms with van der Waals surface area (Å²) in [6.45, 7) is 5.58. The van der Waals surface area contributed by atoms with Gasteiger partial charge in [0.05, 0.1) is 5.60 Å². The number of rotatable bonds is 5. The fraction of sp³-hybridized carbons (Fsp3) is 0.727. The maximum Gasteiger partial charge on any atom is 0.0897 e. The van der Waals surface area contributed by atoms with Crippen molar-refractivity contribution in [1.82, 2.24) is 10.6 Å². The summed E-state index contributed by atoms with van der Waals surface area (Å²) in [4.78, 5) is 0. The van der Waals surface area contributed by atoms with Crippen LogP contribution >= 0.6 is 0 Å². The lowest BCUT2D eigenvalue weighted by Gasteiger charge is -2.37. The minimum atomic E-state index is -0.623. The van der Waals surface area contributed by atoms with E-state index in [0.29, 0.717) is 12.0 Å². The molecule has 0 aromatic heterocycles. The van der Waals surface area contributed by atoms with Crippen LogP contribution in [0.5, 0.6) is 0 Å². The highest BCUT2D eigenvalue weighted by molar-refractivity contribution is 5.29. The number of aliphatic hydroxyl groups is 1. The zero-order chi connectivity index (χ0) is 17.4. The number of benzene rings is 1. The SMILES string of the molecule is CC(C)c1ccc(C2(O)CCC(NCC3CC4CCC3N4)CC2)cc1. The van der Waals surface area contributed by atoms with Crippen molar-refractivity contribution in [2.75, 3.05) is 6.54 Å². The molecular weight excluding hydrogens is 308 g/mol. The molecule has 4 rings (SSSR count). The van der Waals surface area contributed by atoms with Gasteiger partial charge < -0.3 is 15.7 Å². The Balaban J connectivity index is 1.28. The van der Waals surface area contributed by atoms with Crippen molar-refractivity contribution in [2.45, 2.75) is 88.4 Å². The van der Waals surface area contributed by atoms with E-state index in [1.54, 1.807) is 0 Å². The Morgan fingerprint density at radius 2 is 1.84 bits per heavy atom. The van der Waals surface area contributed by atoms with E-state index in [-0.39, 0.29) is 0 Å². The van der Waals surface area contributed by atoms with E-state index in [2.05, 4.69) is 48.7 Å². The van der Waals surface area contributed by atoms with Gasteiger partial charge in [0.2, 0.25) is 0 Å². The van der Waals surface area contributed by atoms with Crippen LogP contribution in [0.15, 0.2) is 24.3 Å². The maximum atomic E-state index is 11.1. The van der Waals surface area contributed by atoms with Crippen LogP contribution < -0.4 is 10.6 Å². The van der Waals surface area contributed by atoms with Crippen molar-refractivity contribution in [1.29, 1.82) is 0 Å². The second kappa shape index (κ2) is 7.02. The molecule has 2 heterocycles. The summed E-state index contributed by atoms with van der Waals surface area (Å²) in [6, 6.07) is 10.8. The monoisotopic (exact) mass is 342 g/mol. The van der Waals surface area contributed by atoms with Gasteiger partial charge in [0.1, 0.15) is 0 Å². The van der Waals surface area contributed by atoms with Gasteiger partial charge in [0.25, 0.3) is 0 Å². The first-order valence-electron chi connectivity index (χ1n) is 10.4. The van der Waals surface area contributed by atoms with E-state index in [4.69, 9.17) is 0 Å². The van der Waals surface area contributed by atoms with E-state index in [1.165, 1.54) is 24.8 Å². The van der Waals surface area contributed by atoms with Gasteiger partial charge >= 0.3 is 0 Å². The molecule has 2 bridgehead atoms. The molecule has 3 N–H and O–H groups in total. The van der Waals surface area contributed by atoms with Crippen LogP contribution in [0.2, 0.25) is 0 Å². The van der Waals surface area contributed by atoms with E-state index in [0.717, 1.165) is 55.8 Å². The highest BCUT2D eigenvalue weighted by Crippen LogP contribution is 2.38. The molecule has 3 fully saturated rings. The largest absolute Gasteiger partial charge is 0.385 e. The first-order valence-corrected chi connectivity index (χ1v) is 10.4. The first kappa shape index (κ1) is 17.5. The zero-order valence-electron chi connectivity index (χ0n) is 15.8. The minimum Gasteiger partial charge on any atom is -0.385 e. The Bertz CT molecular complexity index is 574. The van der Waals surface area contributed by atoms with Gasteiger partial charge in [0, 0.05) is 18.1 Å². The molecule has 0 radical (unpaired) electrons. The maximum absolute atomic E-state index is 11.1. The van der Waals surface area contributed by atoms with Crippen LogP contribution in [0.25, 0.3) is 0 Å². The molecule has 3 aliphatic rings. The van der Waals surface area contributed by atoms with Crippen molar-refractivity contribution < 1.29 is 5.11 Å². The predicted octanol–water partition coefficient (Wildman–Crippen LogP) is 3.67.